The molecule has 0 spiro atoms. The molecule has 1 aliphatic rings. The molecule has 0 radical (unpaired) electrons. The maximum absolute atomic E-state index is 12.2. The molecular formula is C25H42O2Si. The Bertz CT molecular complexity index is 545. The molecule has 2 atom stereocenters. The van der Waals surface area contributed by atoms with Gasteiger partial charge in [-0.2, -0.15) is 0 Å². The average Bonchev–Trinajstić information content (AvgIpc) is 2.71. The first-order chi connectivity index (χ1) is 13.7. The fourth-order valence-electron chi connectivity index (χ4n) is 5.08. The summed E-state index contributed by atoms with van der Waals surface area (Å²) in [6.45, 7) is 4.59. The normalized spacial score (nSPS) is 19.2. The lowest BCUT2D eigenvalue weighted by Crippen LogP contribution is -2.51. The summed E-state index contributed by atoms with van der Waals surface area (Å²) in [4.78, 5) is 12.2. The third kappa shape index (κ3) is 6.47. The standard InChI is InChI=1S/C25H42O2Si/c1-4-6-8-13-19-28(20-14-9-7-5-2,23-15-11-10-12-16-23)21-22-17-18-24(22)25(26)27-3/h10-12,15-16,22,24H,4-9,13-14,17-21H2,1-3H3. The molecular weight excluding hydrogens is 360 g/mol. The smallest absolute Gasteiger partial charge is 0.308 e. The highest BCUT2D eigenvalue weighted by atomic mass is 28.3. The zero-order valence-corrected chi connectivity index (χ0v) is 19.6. The van der Waals surface area contributed by atoms with Crippen molar-refractivity contribution in [2.75, 3.05) is 7.11 Å². The van der Waals surface area contributed by atoms with E-state index < -0.39 is 8.07 Å². The summed E-state index contributed by atoms with van der Waals surface area (Å²) in [6.07, 6.45) is 13.0. The van der Waals surface area contributed by atoms with E-state index in [0.29, 0.717) is 5.92 Å². The molecule has 0 aromatic heterocycles. The number of hydrogen-bond acceptors (Lipinski definition) is 2. The molecule has 1 fully saturated rings. The van der Waals surface area contributed by atoms with Gasteiger partial charge >= 0.3 is 5.97 Å². The first-order valence-corrected chi connectivity index (χ1v) is 14.4. The first-order valence-electron chi connectivity index (χ1n) is 11.8. The van der Waals surface area contributed by atoms with Crippen LogP contribution in [0.1, 0.15) is 78.1 Å². The molecule has 2 rings (SSSR count). The monoisotopic (exact) mass is 402 g/mol. The van der Waals surface area contributed by atoms with Crippen LogP contribution in [-0.4, -0.2) is 21.2 Å². The number of hydrogen-bond donors (Lipinski definition) is 0. The fraction of sp³-hybridized carbons (Fsp3) is 0.720. The highest BCUT2D eigenvalue weighted by Gasteiger charge is 2.44. The van der Waals surface area contributed by atoms with Crippen LogP contribution in [0.3, 0.4) is 0 Å². The molecule has 0 N–H and O–H groups in total. The molecule has 0 aliphatic heterocycles. The van der Waals surface area contributed by atoms with Gasteiger partial charge in [0, 0.05) is 0 Å². The third-order valence-corrected chi connectivity index (χ3v) is 12.5. The number of unbranched alkanes of at least 4 members (excludes halogenated alkanes) is 6. The fourth-order valence-corrected chi connectivity index (χ4v) is 10.8. The van der Waals surface area contributed by atoms with Crippen LogP contribution >= 0.6 is 0 Å². The van der Waals surface area contributed by atoms with Crippen LogP contribution in [0.5, 0.6) is 0 Å². The Morgan fingerprint density at radius 3 is 2.00 bits per heavy atom. The second-order valence-corrected chi connectivity index (χ2v) is 13.5. The third-order valence-electron chi connectivity index (χ3n) is 6.98. The number of benzene rings is 1. The van der Waals surface area contributed by atoms with Gasteiger partial charge in [-0.3, -0.25) is 4.79 Å². The Morgan fingerprint density at radius 1 is 0.929 bits per heavy atom. The quantitative estimate of drug-likeness (QED) is 0.196. The summed E-state index contributed by atoms with van der Waals surface area (Å²) in [5.74, 6) is 0.743. The van der Waals surface area contributed by atoms with Gasteiger partial charge in [-0.1, -0.05) is 113 Å². The van der Waals surface area contributed by atoms with Crippen molar-refractivity contribution in [1.82, 2.24) is 0 Å². The molecule has 28 heavy (non-hydrogen) atoms. The van der Waals surface area contributed by atoms with Crippen molar-refractivity contribution in [3.63, 3.8) is 0 Å². The van der Waals surface area contributed by atoms with Gasteiger partial charge in [0.05, 0.1) is 21.1 Å². The number of carbonyl (C=O) groups is 1. The minimum Gasteiger partial charge on any atom is -0.469 e. The topological polar surface area (TPSA) is 26.3 Å². The van der Waals surface area contributed by atoms with E-state index in [1.807, 2.05) is 0 Å². The van der Waals surface area contributed by atoms with Crippen LogP contribution in [0.2, 0.25) is 18.1 Å². The van der Waals surface area contributed by atoms with Crippen molar-refractivity contribution >= 4 is 19.2 Å². The predicted molar refractivity (Wildman–Crippen MR) is 123 cm³/mol. The number of methoxy groups -OCH3 is 1. The SMILES string of the molecule is CCCCCC[Si](CCCCCC)(CC1CCC1C(=O)OC)c1ccccc1. The molecule has 3 heteroatoms. The second kappa shape index (κ2) is 12.5. The van der Waals surface area contributed by atoms with Gasteiger partial charge < -0.3 is 4.74 Å². The van der Waals surface area contributed by atoms with Crippen molar-refractivity contribution in [3.05, 3.63) is 30.3 Å². The van der Waals surface area contributed by atoms with Crippen molar-refractivity contribution in [2.24, 2.45) is 11.8 Å². The van der Waals surface area contributed by atoms with Gasteiger partial charge in [-0.05, 0) is 24.8 Å². The van der Waals surface area contributed by atoms with E-state index >= 15 is 0 Å². The van der Waals surface area contributed by atoms with E-state index in [9.17, 15) is 4.79 Å². The van der Waals surface area contributed by atoms with E-state index in [1.165, 1.54) is 75.9 Å². The molecule has 0 saturated heterocycles. The average molecular weight is 403 g/mol. The Balaban J connectivity index is 2.19. The molecule has 2 nitrogen and oxygen atoms in total. The maximum atomic E-state index is 12.2. The van der Waals surface area contributed by atoms with E-state index in [0.717, 1.165) is 6.42 Å². The summed E-state index contributed by atoms with van der Waals surface area (Å²) >= 11 is 0. The summed E-state index contributed by atoms with van der Waals surface area (Å²) < 4.78 is 5.11. The number of ether oxygens (including phenoxy) is 1. The van der Waals surface area contributed by atoms with Crippen molar-refractivity contribution in [3.8, 4) is 0 Å². The molecule has 2 unspecified atom stereocenters. The van der Waals surface area contributed by atoms with Crippen LogP contribution in [-0.2, 0) is 9.53 Å². The molecule has 1 aromatic carbocycles. The van der Waals surface area contributed by atoms with E-state index in [-0.39, 0.29) is 11.9 Å². The Hall–Kier alpha value is -1.09. The van der Waals surface area contributed by atoms with Crippen molar-refractivity contribution in [1.29, 1.82) is 0 Å². The number of carbonyl (C=O) groups excluding carboxylic acids is 1. The largest absolute Gasteiger partial charge is 0.469 e. The number of rotatable bonds is 14. The van der Waals surface area contributed by atoms with Gasteiger partial charge in [-0.25, -0.2) is 0 Å². The molecule has 1 saturated carbocycles. The van der Waals surface area contributed by atoms with Crippen molar-refractivity contribution < 1.29 is 9.53 Å². The van der Waals surface area contributed by atoms with Gasteiger partial charge in [-0.15, -0.1) is 0 Å². The summed E-state index contributed by atoms with van der Waals surface area (Å²) in [5, 5.41) is 1.64. The molecule has 0 heterocycles. The predicted octanol–water partition coefficient (Wildman–Crippen LogP) is 6.70. The highest BCUT2D eigenvalue weighted by molar-refractivity contribution is 6.92. The van der Waals surface area contributed by atoms with Gasteiger partial charge in [0.2, 0.25) is 0 Å². The number of esters is 1. The molecule has 0 amide bonds. The summed E-state index contributed by atoms with van der Waals surface area (Å²) in [5.41, 5.74) is 0. The van der Waals surface area contributed by atoms with Gasteiger partial charge in [0.25, 0.3) is 0 Å². The molecule has 158 valence electrons. The van der Waals surface area contributed by atoms with Crippen molar-refractivity contribution in [2.45, 2.75) is 96.2 Å². The highest BCUT2D eigenvalue weighted by Crippen LogP contribution is 2.43. The molecule has 1 aliphatic carbocycles. The van der Waals surface area contributed by atoms with Gasteiger partial charge in [0.15, 0.2) is 0 Å². The summed E-state index contributed by atoms with van der Waals surface area (Å²) in [6, 6.07) is 15.5. The minimum absolute atomic E-state index is 0.0316. The second-order valence-electron chi connectivity index (χ2n) is 8.94. The summed E-state index contributed by atoms with van der Waals surface area (Å²) in [7, 11) is -0.0619. The zero-order chi connectivity index (χ0) is 20.2. The van der Waals surface area contributed by atoms with Crippen LogP contribution < -0.4 is 5.19 Å². The van der Waals surface area contributed by atoms with E-state index in [4.69, 9.17) is 4.74 Å². The Morgan fingerprint density at radius 2 is 1.54 bits per heavy atom. The van der Waals surface area contributed by atoms with Gasteiger partial charge in [0.1, 0.15) is 0 Å². The maximum Gasteiger partial charge on any atom is 0.308 e. The lowest BCUT2D eigenvalue weighted by atomic mass is 9.75. The lowest BCUT2D eigenvalue weighted by Gasteiger charge is -2.42. The van der Waals surface area contributed by atoms with Crippen LogP contribution in [0.4, 0.5) is 0 Å². The lowest BCUT2D eigenvalue weighted by molar-refractivity contribution is -0.151. The van der Waals surface area contributed by atoms with Crippen LogP contribution in [0, 0.1) is 11.8 Å². The van der Waals surface area contributed by atoms with Crippen LogP contribution in [0.25, 0.3) is 0 Å². The first kappa shape index (κ1) is 23.2. The molecule has 0 bridgehead atoms. The van der Waals surface area contributed by atoms with Crippen LogP contribution in [0.15, 0.2) is 30.3 Å². The Labute approximate surface area is 174 Å². The molecule has 1 aromatic rings. The van der Waals surface area contributed by atoms with E-state index in [2.05, 4.69) is 44.2 Å². The Kier molecular flexibility index (Phi) is 10.3. The minimum atomic E-state index is -1.61. The zero-order valence-electron chi connectivity index (χ0n) is 18.6. The van der Waals surface area contributed by atoms with E-state index in [1.54, 1.807) is 12.3 Å².